The van der Waals surface area contributed by atoms with Gasteiger partial charge in [-0.3, -0.25) is 9.69 Å². The minimum absolute atomic E-state index is 0.00299. The molecular formula is C17H28N2O3. The average Bonchev–Trinajstić information content (AvgIpc) is 2.53. The molecule has 0 radical (unpaired) electrons. The molecule has 5 heteroatoms. The fourth-order valence-electron chi connectivity index (χ4n) is 3.40. The van der Waals surface area contributed by atoms with Crippen molar-refractivity contribution in [2.75, 3.05) is 13.2 Å². The van der Waals surface area contributed by atoms with E-state index in [-0.39, 0.29) is 23.8 Å². The Hall–Kier alpha value is -1.33. The smallest absolute Gasteiger partial charge is 0.223 e. The summed E-state index contributed by atoms with van der Waals surface area (Å²) in [5.41, 5.74) is 0.535. The van der Waals surface area contributed by atoms with Crippen molar-refractivity contribution in [1.29, 1.82) is 0 Å². The van der Waals surface area contributed by atoms with Crippen molar-refractivity contribution in [2.24, 2.45) is 0 Å². The summed E-state index contributed by atoms with van der Waals surface area (Å²) in [6, 6.07) is 1.97. The second-order valence-electron chi connectivity index (χ2n) is 6.19. The number of pyridine rings is 1. The van der Waals surface area contributed by atoms with Gasteiger partial charge in [0, 0.05) is 24.3 Å². The molecule has 2 heterocycles. The molecule has 2 atom stereocenters. The molecular weight excluding hydrogens is 280 g/mol. The SMILES string of the molecule is CCC1CCCCN1Cc1cc(=O)c(O)cn1C(CC)CO. The zero-order valence-corrected chi connectivity index (χ0v) is 13.7. The number of rotatable bonds is 6. The molecule has 0 amide bonds. The van der Waals surface area contributed by atoms with E-state index in [1.165, 1.54) is 31.5 Å². The van der Waals surface area contributed by atoms with Gasteiger partial charge >= 0.3 is 0 Å². The molecule has 0 saturated carbocycles. The van der Waals surface area contributed by atoms with Crippen molar-refractivity contribution in [1.82, 2.24) is 9.47 Å². The van der Waals surface area contributed by atoms with Crippen molar-refractivity contribution in [2.45, 2.75) is 64.6 Å². The van der Waals surface area contributed by atoms with Gasteiger partial charge in [0.2, 0.25) is 5.43 Å². The second kappa shape index (κ2) is 7.79. The van der Waals surface area contributed by atoms with Crippen LogP contribution in [-0.2, 0) is 6.54 Å². The fraction of sp³-hybridized carbons (Fsp3) is 0.706. The summed E-state index contributed by atoms with van der Waals surface area (Å²) < 4.78 is 1.87. The van der Waals surface area contributed by atoms with E-state index in [9.17, 15) is 15.0 Å². The van der Waals surface area contributed by atoms with E-state index in [0.29, 0.717) is 12.6 Å². The molecule has 1 aliphatic heterocycles. The highest BCUT2D eigenvalue weighted by Gasteiger charge is 2.23. The number of aliphatic hydroxyl groups excluding tert-OH is 1. The highest BCUT2D eigenvalue weighted by Crippen LogP contribution is 2.23. The summed E-state index contributed by atoms with van der Waals surface area (Å²) in [6.45, 7) is 5.95. The molecule has 124 valence electrons. The predicted molar refractivity (Wildman–Crippen MR) is 87.1 cm³/mol. The van der Waals surface area contributed by atoms with Gasteiger partial charge < -0.3 is 14.8 Å². The van der Waals surface area contributed by atoms with Crippen LogP contribution in [0.1, 0.15) is 57.7 Å². The van der Waals surface area contributed by atoms with Crippen molar-refractivity contribution in [3.63, 3.8) is 0 Å². The summed E-state index contributed by atoms with van der Waals surface area (Å²) >= 11 is 0. The van der Waals surface area contributed by atoms with Crippen LogP contribution in [0.4, 0.5) is 0 Å². The van der Waals surface area contributed by atoms with E-state index in [0.717, 1.165) is 25.1 Å². The van der Waals surface area contributed by atoms with Gasteiger partial charge in [-0.1, -0.05) is 20.3 Å². The summed E-state index contributed by atoms with van der Waals surface area (Å²) in [5, 5.41) is 19.3. The van der Waals surface area contributed by atoms with Gasteiger partial charge in [-0.2, -0.15) is 0 Å². The van der Waals surface area contributed by atoms with Crippen LogP contribution < -0.4 is 5.43 Å². The van der Waals surface area contributed by atoms with E-state index in [1.807, 2.05) is 11.5 Å². The number of aromatic nitrogens is 1. The lowest BCUT2D eigenvalue weighted by Gasteiger charge is -2.36. The van der Waals surface area contributed by atoms with Gasteiger partial charge in [0.05, 0.1) is 18.8 Å². The van der Waals surface area contributed by atoms with Crippen molar-refractivity contribution >= 4 is 0 Å². The molecule has 1 aromatic rings. The largest absolute Gasteiger partial charge is 0.503 e. The monoisotopic (exact) mass is 308 g/mol. The highest BCUT2D eigenvalue weighted by atomic mass is 16.3. The maximum Gasteiger partial charge on any atom is 0.223 e. The molecule has 1 aromatic heterocycles. The Morgan fingerprint density at radius 2 is 2.14 bits per heavy atom. The molecule has 5 nitrogen and oxygen atoms in total. The first-order valence-electron chi connectivity index (χ1n) is 8.39. The minimum atomic E-state index is -0.343. The van der Waals surface area contributed by atoms with Crippen LogP contribution in [0.3, 0.4) is 0 Å². The molecule has 2 unspecified atom stereocenters. The first-order valence-corrected chi connectivity index (χ1v) is 8.39. The first-order chi connectivity index (χ1) is 10.6. The lowest BCUT2D eigenvalue weighted by atomic mass is 9.99. The number of hydrogen-bond acceptors (Lipinski definition) is 4. The van der Waals surface area contributed by atoms with Gasteiger partial charge in [-0.05, 0) is 32.2 Å². The summed E-state index contributed by atoms with van der Waals surface area (Å²) in [6.07, 6.45) is 7.01. The second-order valence-corrected chi connectivity index (χ2v) is 6.19. The van der Waals surface area contributed by atoms with Gasteiger partial charge in [-0.25, -0.2) is 0 Å². The first kappa shape index (κ1) is 17.0. The minimum Gasteiger partial charge on any atom is -0.503 e. The topological polar surface area (TPSA) is 65.7 Å². The van der Waals surface area contributed by atoms with E-state index >= 15 is 0 Å². The lowest BCUT2D eigenvalue weighted by Crippen LogP contribution is -2.39. The summed E-state index contributed by atoms with van der Waals surface area (Å²) in [4.78, 5) is 14.3. The quantitative estimate of drug-likeness (QED) is 0.846. The number of aromatic hydroxyl groups is 1. The van der Waals surface area contributed by atoms with Crippen molar-refractivity contribution < 1.29 is 10.2 Å². The molecule has 0 aliphatic carbocycles. The summed E-state index contributed by atoms with van der Waals surface area (Å²) in [7, 11) is 0. The molecule has 0 bridgehead atoms. The van der Waals surface area contributed by atoms with Crippen LogP contribution in [-0.4, -0.2) is 38.9 Å². The molecule has 2 N–H and O–H groups in total. The maximum absolute atomic E-state index is 11.8. The van der Waals surface area contributed by atoms with Gasteiger partial charge in [0.25, 0.3) is 0 Å². The Kier molecular flexibility index (Phi) is 6.03. The van der Waals surface area contributed by atoms with Gasteiger partial charge in [0.15, 0.2) is 5.75 Å². The normalized spacial score (nSPS) is 21.0. The number of hydrogen-bond donors (Lipinski definition) is 2. The molecule has 22 heavy (non-hydrogen) atoms. The van der Waals surface area contributed by atoms with Crippen molar-refractivity contribution in [3.05, 3.63) is 28.2 Å². The van der Waals surface area contributed by atoms with E-state index < -0.39 is 0 Å². The number of nitrogens with zero attached hydrogens (tertiary/aromatic N) is 2. The molecule has 0 spiro atoms. The Morgan fingerprint density at radius 1 is 1.36 bits per heavy atom. The van der Waals surface area contributed by atoms with Crippen molar-refractivity contribution in [3.8, 4) is 5.75 Å². The third-order valence-corrected chi connectivity index (χ3v) is 4.80. The maximum atomic E-state index is 11.8. The van der Waals surface area contributed by atoms with E-state index in [2.05, 4.69) is 11.8 Å². The highest BCUT2D eigenvalue weighted by molar-refractivity contribution is 5.21. The standard InChI is InChI=1S/C17H28N2O3/c1-3-13-7-5-6-8-18(13)10-15-9-16(21)17(22)11-19(15)14(4-2)12-20/h9,11,13-14,20,22H,3-8,10,12H2,1-2H3. The molecule has 2 rings (SSSR count). The Bertz CT molecular complexity index is 537. The van der Waals surface area contributed by atoms with Gasteiger partial charge in [-0.15, -0.1) is 0 Å². The number of likely N-dealkylation sites (tertiary alicyclic amines) is 1. The summed E-state index contributed by atoms with van der Waals surface area (Å²) in [5.74, 6) is -0.249. The van der Waals surface area contributed by atoms with Crippen LogP contribution in [0.5, 0.6) is 5.75 Å². The Morgan fingerprint density at radius 3 is 2.77 bits per heavy atom. The zero-order chi connectivity index (χ0) is 16.1. The Balaban J connectivity index is 2.32. The van der Waals surface area contributed by atoms with Crippen LogP contribution in [0, 0.1) is 0 Å². The van der Waals surface area contributed by atoms with Crippen LogP contribution >= 0.6 is 0 Å². The number of piperidine rings is 1. The molecule has 0 aromatic carbocycles. The van der Waals surface area contributed by atoms with E-state index in [4.69, 9.17) is 0 Å². The van der Waals surface area contributed by atoms with Crippen LogP contribution in [0.2, 0.25) is 0 Å². The van der Waals surface area contributed by atoms with E-state index in [1.54, 1.807) is 0 Å². The molecule has 1 fully saturated rings. The number of aliphatic hydroxyl groups is 1. The predicted octanol–water partition coefficient (Wildman–Crippen LogP) is 2.26. The third-order valence-electron chi connectivity index (χ3n) is 4.80. The van der Waals surface area contributed by atoms with Crippen LogP contribution in [0.25, 0.3) is 0 Å². The third kappa shape index (κ3) is 3.70. The lowest BCUT2D eigenvalue weighted by molar-refractivity contribution is 0.129. The molecule has 1 aliphatic rings. The van der Waals surface area contributed by atoms with Crippen LogP contribution in [0.15, 0.2) is 17.1 Å². The Labute approximate surface area is 132 Å². The molecule has 1 saturated heterocycles. The fourth-order valence-corrected chi connectivity index (χ4v) is 3.40. The van der Waals surface area contributed by atoms with Gasteiger partial charge in [0.1, 0.15) is 0 Å². The zero-order valence-electron chi connectivity index (χ0n) is 13.7. The average molecular weight is 308 g/mol.